The van der Waals surface area contributed by atoms with Gasteiger partial charge in [0.2, 0.25) is 0 Å². The number of benzene rings is 1. The molecule has 2 saturated heterocycles. The first kappa shape index (κ1) is 13.9. The molecule has 2 N–H and O–H groups in total. The predicted molar refractivity (Wildman–Crippen MR) is 67.7 cm³/mol. The lowest BCUT2D eigenvalue weighted by molar-refractivity contribution is -0.358. The highest BCUT2D eigenvalue weighted by atomic mass is 16.7. The summed E-state index contributed by atoms with van der Waals surface area (Å²) in [6, 6.07) is 9.45. The van der Waals surface area contributed by atoms with Crippen molar-refractivity contribution in [1.29, 1.82) is 0 Å². The van der Waals surface area contributed by atoms with Gasteiger partial charge in [-0.15, -0.1) is 0 Å². The highest BCUT2D eigenvalue weighted by molar-refractivity contribution is 5.16. The van der Waals surface area contributed by atoms with E-state index in [2.05, 4.69) is 0 Å². The molecule has 0 saturated carbocycles. The first-order chi connectivity index (χ1) is 9.70. The lowest BCUT2D eigenvalue weighted by Gasteiger charge is -2.45. The van der Waals surface area contributed by atoms with E-state index >= 15 is 0 Å². The fraction of sp³-hybridized carbons (Fsp3) is 0.571. The third-order valence-electron chi connectivity index (χ3n) is 3.64. The van der Waals surface area contributed by atoms with Crippen molar-refractivity contribution >= 4 is 0 Å². The average Bonchev–Trinajstić information content (AvgIpc) is 2.51. The molecule has 2 aliphatic rings. The Morgan fingerprint density at radius 3 is 2.55 bits per heavy atom. The lowest BCUT2D eigenvalue weighted by atomic mass is 9.98. The molecule has 0 aromatic heterocycles. The van der Waals surface area contributed by atoms with Crippen LogP contribution in [0.2, 0.25) is 0 Å². The third-order valence-corrected chi connectivity index (χ3v) is 3.64. The summed E-state index contributed by atoms with van der Waals surface area (Å²) in [6.07, 6.45) is -4.76. The molecule has 1 aromatic carbocycles. The molecule has 110 valence electrons. The van der Waals surface area contributed by atoms with Gasteiger partial charge in [0.1, 0.15) is 24.4 Å². The van der Waals surface area contributed by atoms with Gasteiger partial charge in [-0.3, -0.25) is 0 Å². The van der Waals surface area contributed by atoms with Crippen LogP contribution < -0.4 is 0 Å². The number of hydrogen-bond donors (Lipinski definition) is 2. The van der Waals surface area contributed by atoms with Crippen LogP contribution in [0.3, 0.4) is 0 Å². The van der Waals surface area contributed by atoms with E-state index in [0.29, 0.717) is 0 Å². The van der Waals surface area contributed by atoms with Crippen molar-refractivity contribution in [1.82, 2.24) is 0 Å². The van der Waals surface area contributed by atoms with Crippen LogP contribution >= 0.6 is 0 Å². The predicted octanol–water partition coefficient (Wildman–Crippen LogP) is 0.194. The molecule has 2 fully saturated rings. The molecule has 20 heavy (non-hydrogen) atoms. The van der Waals surface area contributed by atoms with Gasteiger partial charge in [-0.2, -0.15) is 0 Å². The monoisotopic (exact) mass is 282 g/mol. The third kappa shape index (κ3) is 2.46. The summed E-state index contributed by atoms with van der Waals surface area (Å²) in [4.78, 5) is 0. The fourth-order valence-corrected chi connectivity index (χ4v) is 2.55. The van der Waals surface area contributed by atoms with Gasteiger partial charge in [-0.05, 0) is 0 Å². The van der Waals surface area contributed by atoms with Crippen LogP contribution in [0.5, 0.6) is 0 Å². The zero-order chi connectivity index (χ0) is 14.1. The summed E-state index contributed by atoms with van der Waals surface area (Å²) in [5.74, 6) is 0. The van der Waals surface area contributed by atoms with Gasteiger partial charge in [-0.25, -0.2) is 0 Å². The average molecular weight is 282 g/mol. The summed E-state index contributed by atoms with van der Waals surface area (Å²) in [5.41, 5.74) is 0.863. The molecule has 0 spiro atoms. The van der Waals surface area contributed by atoms with Crippen LogP contribution in [0, 0.1) is 0 Å². The van der Waals surface area contributed by atoms with Gasteiger partial charge in [0.15, 0.2) is 12.6 Å². The lowest BCUT2D eigenvalue weighted by Crippen LogP contribution is -2.62. The fourth-order valence-electron chi connectivity index (χ4n) is 2.55. The van der Waals surface area contributed by atoms with Crippen LogP contribution in [0.15, 0.2) is 30.3 Å². The van der Waals surface area contributed by atoms with Gasteiger partial charge in [0.25, 0.3) is 0 Å². The molecule has 0 radical (unpaired) electrons. The van der Waals surface area contributed by atoms with Crippen molar-refractivity contribution < 1.29 is 29.2 Å². The van der Waals surface area contributed by atoms with Crippen LogP contribution in [0.1, 0.15) is 11.9 Å². The SMILES string of the molecule is COC1O[C@H]2COC(c3ccccc3)O[C@@H]2C(O)C1O. The molecule has 6 heteroatoms. The number of aliphatic hydroxyl groups excluding tert-OH is 2. The number of methoxy groups -OCH3 is 1. The van der Waals surface area contributed by atoms with Crippen molar-refractivity contribution in [2.24, 2.45) is 0 Å². The second-order valence-electron chi connectivity index (χ2n) is 4.94. The molecule has 6 nitrogen and oxygen atoms in total. The number of ether oxygens (including phenoxy) is 4. The van der Waals surface area contributed by atoms with Crippen LogP contribution in [0.4, 0.5) is 0 Å². The molecule has 0 bridgehead atoms. The molecule has 0 amide bonds. The zero-order valence-corrected chi connectivity index (χ0v) is 11.1. The standard InChI is InChI=1S/C14H18O6/c1-17-14-11(16)10(15)12-9(19-14)7-18-13(20-12)8-5-3-2-4-6-8/h2-6,9-16H,7H2,1H3/t9-,10?,11?,12-,13?,14?/m0/s1. The Hall–Kier alpha value is -1.02. The maximum Gasteiger partial charge on any atom is 0.186 e. The Bertz CT molecular complexity index is 437. The van der Waals surface area contributed by atoms with Gasteiger partial charge in [0, 0.05) is 12.7 Å². The number of aliphatic hydroxyl groups is 2. The second-order valence-corrected chi connectivity index (χ2v) is 4.94. The van der Waals surface area contributed by atoms with E-state index in [-0.39, 0.29) is 6.61 Å². The molecule has 0 aliphatic carbocycles. The van der Waals surface area contributed by atoms with E-state index in [1.54, 1.807) is 0 Å². The second kappa shape index (κ2) is 5.77. The van der Waals surface area contributed by atoms with Crippen LogP contribution in [0.25, 0.3) is 0 Å². The molecular formula is C14H18O6. The first-order valence-electron chi connectivity index (χ1n) is 6.57. The Morgan fingerprint density at radius 1 is 1.10 bits per heavy atom. The number of fused-ring (bicyclic) bond motifs is 1. The zero-order valence-electron chi connectivity index (χ0n) is 11.1. The Labute approximate surface area is 116 Å². The minimum Gasteiger partial charge on any atom is -0.387 e. The highest BCUT2D eigenvalue weighted by Gasteiger charge is 2.48. The number of rotatable bonds is 2. The summed E-state index contributed by atoms with van der Waals surface area (Å²) in [6.45, 7) is 0.272. The topological polar surface area (TPSA) is 77.4 Å². The molecule has 3 rings (SSSR count). The molecule has 6 atom stereocenters. The molecule has 2 aliphatic heterocycles. The van der Waals surface area contributed by atoms with Gasteiger partial charge < -0.3 is 29.2 Å². The van der Waals surface area contributed by atoms with E-state index in [1.165, 1.54) is 7.11 Å². The molecule has 4 unspecified atom stereocenters. The van der Waals surface area contributed by atoms with Crippen molar-refractivity contribution in [2.75, 3.05) is 13.7 Å². The van der Waals surface area contributed by atoms with Crippen molar-refractivity contribution in [2.45, 2.75) is 37.0 Å². The van der Waals surface area contributed by atoms with E-state index in [0.717, 1.165) is 5.56 Å². The molecular weight excluding hydrogens is 264 g/mol. The minimum atomic E-state index is -1.14. The Kier molecular flexibility index (Phi) is 4.02. The summed E-state index contributed by atoms with van der Waals surface area (Å²) >= 11 is 0. The number of hydrogen-bond acceptors (Lipinski definition) is 6. The normalized spacial score (nSPS) is 41.1. The first-order valence-corrected chi connectivity index (χ1v) is 6.57. The van der Waals surface area contributed by atoms with Crippen LogP contribution in [-0.2, 0) is 18.9 Å². The van der Waals surface area contributed by atoms with Crippen molar-refractivity contribution in [3.63, 3.8) is 0 Å². The Balaban J connectivity index is 1.74. The smallest absolute Gasteiger partial charge is 0.186 e. The van der Waals surface area contributed by atoms with Gasteiger partial charge >= 0.3 is 0 Å². The maximum absolute atomic E-state index is 10.1. The van der Waals surface area contributed by atoms with Crippen molar-refractivity contribution in [3.8, 4) is 0 Å². The molecule has 2 heterocycles. The Morgan fingerprint density at radius 2 is 1.85 bits per heavy atom. The van der Waals surface area contributed by atoms with E-state index in [4.69, 9.17) is 18.9 Å². The highest BCUT2D eigenvalue weighted by Crippen LogP contribution is 2.33. The van der Waals surface area contributed by atoms with Gasteiger partial charge in [0.05, 0.1) is 6.61 Å². The summed E-state index contributed by atoms with van der Waals surface area (Å²) in [5, 5.41) is 20.1. The van der Waals surface area contributed by atoms with E-state index in [1.807, 2.05) is 30.3 Å². The summed E-state index contributed by atoms with van der Waals surface area (Å²) in [7, 11) is 1.41. The van der Waals surface area contributed by atoms with Crippen molar-refractivity contribution in [3.05, 3.63) is 35.9 Å². The maximum atomic E-state index is 10.1. The largest absolute Gasteiger partial charge is 0.387 e. The summed E-state index contributed by atoms with van der Waals surface area (Å²) < 4.78 is 21.9. The van der Waals surface area contributed by atoms with E-state index in [9.17, 15) is 10.2 Å². The quantitative estimate of drug-likeness (QED) is 0.806. The minimum absolute atomic E-state index is 0.272. The van der Waals surface area contributed by atoms with Gasteiger partial charge in [-0.1, -0.05) is 30.3 Å². The van der Waals surface area contributed by atoms with E-state index < -0.39 is 37.0 Å². The van der Waals surface area contributed by atoms with Crippen LogP contribution in [-0.4, -0.2) is 54.6 Å². The molecule has 1 aromatic rings.